The number of hydrogen-bond acceptors (Lipinski definition) is 1. The molecule has 8 aromatic carbocycles. The Morgan fingerprint density at radius 2 is 1.07 bits per heavy atom. The van der Waals surface area contributed by atoms with Gasteiger partial charge in [-0.2, -0.15) is 0 Å². The summed E-state index contributed by atoms with van der Waals surface area (Å²) in [5.74, 6) is 0. The highest BCUT2D eigenvalue weighted by molar-refractivity contribution is 6.23. The Labute approximate surface area is 257 Å². The Hall–Kier alpha value is -5.66. The van der Waals surface area contributed by atoms with Crippen molar-refractivity contribution in [3.8, 4) is 33.4 Å². The molecule has 0 atom stereocenters. The van der Waals surface area contributed by atoms with Crippen molar-refractivity contribution in [3.63, 3.8) is 0 Å². The van der Waals surface area contributed by atoms with E-state index in [1.807, 2.05) is 78.9 Å². The van der Waals surface area contributed by atoms with Crippen molar-refractivity contribution >= 4 is 54.3 Å². The molecule has 43 heavy (non-hydrogen) atoms. The monoisotopic (exact) mass is 552 g/mol. The van der Waals surface area contributed by atoms with Crippen LogP contribution >= 0.6 is 0 Å². The summed E-state index contributed by atoms with van der Waals surface area (Å²) in [6.07, 6.45) is 0. The van der Waals surface area contributed by atoms with Gasteiger partial charge in [0.2, 0.25) is 0 Å². The van der Waals surface area contributed by atoms with Gasteiger partial charge in [-0.1, -0.05) is 133 Å². The summed E-state index contributed by atoms with van der Waals surface area (Å²) in [5, 5.41) is 6.49. The molecule has 1 heterocycles. The lowest BCUT2D eigenvalue weighted by atomic mass is 9.85. The van der Waals surface area contributed by atoms with Crippen LogP contribution < -0.4 is 0 Å². The predicted molar refractivity (Wildman–Crippen MR) is 183 cm³/mol. The van der Waals surface area contributed by atoms with Crippen molar-refractivity contribution < 1.29 is 12.6 Å². The Morgan fingerprint density at radius 3 is 1.79 bits per heavy atom. The second-order valence-electron chi connectivity index (χ2n) is 10.8. The van der Waals surface area contributed by atoms with E-state index in [4.69, 9.17) is 8.53 Å². The van der Waals surface area contributed by atoms with E-state index in [0.29, 0.717) is 22.1 Å². The molecule has 0 saturated heterocycles. The third-order valence-electron chi connectivity index (χ3n) is 8.35. The lowest BCUT2D eigenvalue weighted by Gasteiger charge is -2.18. The van der Waals surface area contributed by atoms with E-state index in [0.717, 1.165) is 43.4 Å². The highest BCUT2D eigenvalue weighted by atomic mass is 16.3. The molecule has 1 nitrogen and oxygen atoms in total. The number of fused-ring (bicyclic) bond motifs is 6. The molecule has 0 N–H and O–H groups in total. The fourth-order valence-electron chi connectivity index (χ4n) is 6.45. The molecule has 0 amide bonds. The van der Waals surface area contributed by atoms with Crippen LogP contribution in [0.1, 0.15) is 8.22 Å². The molecule has 0 aliphatic carbocycles. The second-order valence-corrected chi connectivity index (χ2v) is 10.8. The molecule has 1 aromatic heterocycles. The Balaban J connectivity index is 1.45. The zero-order chi connectivity index (χ0) is 33.6. The number of benzene rings is 8. The molecule has 9 aromatic rings. The van der Waals surface area contributed by atoms with Crippen LogP contribution in [0.25, 0.3) is 87.6 Å². The number of hydrogen-bond donors (Lipinski definition) is 0. The molecule has 0 bridgehead atoms. The minimum Gasteiger partial charge on any atom is -0.456 e. The van der Waals surface area contributed by atoms with Crippen molar-refractivity contribution in [2.24, 2.45) is 0 Å². The van der Waals surface area contributed by atoms with E-state index in [2.05, 4.69) is 42.5 Å². The van der Waals surface area contributed by atoms with Crippen LogP contribution in [0.4, 0.5) is 0 Å². The molecule has 0 spiro atoms. The van der Waals surface area contributed by atoms with Gasteiger partial charge >= 0.3 is 0 Å². The Bertz CT molecular complexity index is 2780. The first-order chi connectivity index (χ1) is 23.8. The fourth-order valence-corrected chi connectivity index (χ4v) is 6.45. The highest BCUT2D eigenvalue weighted by Gasteiger charge is 2.19. The van der Waals surface area contributed by atoms with Gasteiger partial charge in [0.05, 0.1) is 8.22 Å². The first-order valence-corrected chi connectivity index (χ1v) is 14.3. The smallest absolute Gasteiger partial charge is 0.136 e. The van der Waals surface area contributed by atoms with Crippen molar-refractivity contribution in [2.75, 3.05) is 0 Å². The largest absolute Gasteiger partial charge is 0.456 e. The van der Waals surface area contributed by atoms with Gasteiger partial charge in [-0.15, -0.1) is 0 Å². The lowest BCUT2D eigenvalue weighted by molar-refractivity contribution is 0.669. The third-order valence-corrected chi connectivity index (χ3v) is 8.35. The van der Waals surface area contributed by atoms with E-state index in [1.54, 1.807) is 0 Å². The molecule has 200 valence electrons. The van der Waals surface area contributed by atoms with Crippen LogP contribution in [0, 0.1) is 0 Å². The number of furan rings is 1. The van der Waals surface area contributed by atoms with Gasteiger partial charge in [0.25, 0.3) is 0 Å². The molecule has 0 radical (unpaired) electrons. The summed E-state index contributed by atoms with van der Waals surface area (Å²) in [7, 11) is 0. The topological polar surface area (TPSA) is 13.1 Å². The maximum absolute atomic E-state index is 9.79. The second kappa shape index (κ2) is 9.44. The van der Waals surface area contributed by atoms with Crippen molar-refractivity contribution in [3.05, 3.63) is 158 Å². The first kappa shape index (κ1) is 18.7. The van der Waals surface area contributed by atoms with Crippen LogP contribution in [0.2, 0.25) is 0 Å². The minimum absolute atomic E-state index is 0.00539. The predicted octanol–water partition coefficient (Wildman–Crippen LogP) is 12.0. The minimum atomic E-state index is -0.295. The summed E-state index contributed by atoms with van der Waals surface area (Å²) >= 11 is 0. The quantitative estimate of drug-likeness (QED) is 0.199. The van der Waals surface area contributed by atoms with E-state index in [1.165, 1.54) is 0 Å². The third kappa shape index (κ3) is 3.72. The Morgan fingerprint density at radius 1 is 0.442 bits per heavy atom. The van der Waals surface area contributed by atoms with Gasteiger partial charge in [-0.05, 0) is 89.9 Å². The van der Waals surface area contributed by atoms with E-state index in [9.17, 15) is 4.11 Å². The van der Waals surface area contributed by atoms with Crippen LogP contribution in [-0.4, -0.2) is 0 Å². The molecule has 0 fully saturated rings. The lowest BCUT2D eigenvalue weighted by Crippen LogP contribution is -1.91. The SMILES string of the molecule is [2H]c1c(-c2c3ccccc3c(-c3ccc4ccccc4c3)c3ccccc23)c([2H])c2c(oc3c([2H])c([2H])c([2H])c(-c4ccccc4)c32)c1[2H]. The van der Waals surface area contributed by atoms with Crippen LogP contribution in [-0.2, 0) is 0 Å². The van der Waals surface area contributed by atoms with Gasteiger partial charge in [-0.3, -0.25) is 0 Å². The van der Waals surface area contributed by atoms with E-state index >= 15 is 0 Å². The zero-order valence-electron chi connectivity index (χ0n) is 29.0. The normalized spacial score (nSPS) is 13.7. The molecule has 0 unspecified atom stereocenters. The maximum atomic E-state index is 9.79. The maximum Gasteiger partial charge on any atom is 0.136 e. The van der Waals surface area contributed by atoms with Crippen LogP contribution in [0.5, 0.6) is 0 Å². The van der Waals surface area contributed by atoms with Gasteiger partial charge in [0.1, 0.15) is 11.2 Å². The van der Waals surface area contributed by atoms with Gasteiger partial charge in [0, 0.05) is 10.8 Å². The summed E-state index contributed by atoms with van der Waals surface area (Å²) in [5.41, 5.74) is 4.11. The van der Waals surface area contributed by atoms with Crippen molar-refractivity contribution in [2.45, 2.75) is 0 Å². The van der Waals surface area contributed by atoms with Crippen LogP contribution in [0.3, 0.4) is 0 Å². The molecule has 0 saturated carbocycles. The summed E-state index contributed by atoms with van der Waals surface area (Å²) in [6.45, 7) is 0. The average molecular weight is 553 g/mol. The summed E-state index contributed by atoms with van der Waals surface area (Å²) < 4.78 is 60.7. The van der Waals surface area contributed by atoms with Crippen molar-refractivity contribution in [1.82, 2.24) is 0 Å². The highest BCUT2D eigenvalue weighted by Crippen LogP contribution is 2.45. The summed E-state index contributed by atoms with van der Waals surface area (Å²) in [6, 6.07) is 38.8. The molecule has 1 heteroatoms. The number of rotatable bonds is 3. The zero-order valence-corrected chi connectivity index (χ0v) is 23.0. The Kier molecular flexibility index (Phi) is 4.11. The van der Waals surface area contributed by atoms with E-state index < -0.39 is 0 Å². The van der Waals surface area contributed by atoms with Gasteiger partial charge in [-0.25, -0.2) is 0 Å². The standard InChI is InChI=1S/C42H26O/c1-2-12-28(13-3-1)32-19-10-20-39-42(32)37-26-31(23-24-38(37)43-39)41-35-17-8-6-15-33(35)40(34-16-7-9-18-36(34)41)30-22-21-27-11-4-5-14-29(27)25-30/h1-26H/i10D,19D,20D,23D,24D,26D. The van der Waals surface area contributed by atoms with Crippen LogP contribution in [0.15, 0.2) is 162 Å². The first-order valence-electron chi connectivity index (χ1n) is 17.3. The molecule has 0 aliphatic heterocycles. The molecule has 9 rings (SSSR count). The van der Waals surface area contributed by atoms with Gasteiger partial charge in [0.15, 0.2) is 0 Å². The molecular weight excluding hydrogens is 520 g/mol. The molecule has 0 aliphatic rings. The average Bonchev–Trinajstić information content (AvgIpc) is 3.54. The fraction of sp³-hybridized carbons (Fsp3) is 0. The van der Waals surface area contributed by atoms with E-state index in [-0.39, 0.29) is 58.4 Å². The van der Waals surface area contributed by atoms with Crippen molar-refractivity contribution in [1.29, 1.82) is 0 Å². The molecular formula is C42H26O. The van der Waals surface area contributed by atoms with Gasteiger partial charge < -0.3 is 4.42 Å². The summed E-state index contributed by atoms with van der Waals surface area (Å²) in [4.78, 5) is 0.